The Hall–Kier alpha value is -3.39. The van der Waals surface area contributed by atoms with Crippen molar-refractivity contribution in [3.63, 3.8) is 0 Å². The van der Waals surface area contributed by atoms with Crippen molar-refractivity contribution in [3.05, 3.63) is 75.4 Å². The van der Waals surface area contributed by atoms with E-state index in [0.29, 0.717) is 18.3 Å². The fourth-order valence-corrected chi connectivity index (χ4v) is 6.58. The van der Waals surface area contributed by atoms with Gasteiger partial charge < -0.3 is 20.1 Å². The molecule has 38 heavy (non-hydrogen) atoms. The maximum atomic E-state index is 13.3. The van der Waals surface area contributed by atoms with E-state index in [1.807, 2.05) is 6.92 Å². The van der Waals surface area contributed by atoms with Crippen LogP contribution in [0.5, 0.6) is 11.5 Å². The standard InChI is InChI=1S/C30H33FN2O4S/c1-5-30(3,4)19-10-13-21-24(16-19)38-28-25(21)27(34)32-26(33-28)18-9-14-22(23(15-18)36-6-2)37-29(35)17-7-11-20(31)12-8-17/h7-9,11-12,14-15,19,26,33H,5-6,10,13,16H2,1-4H3,(H,32,34)/t19-,26-/m0/s1. The molecule has 5 rings (SSSR count). The van der Waals surface area contributed by atoms with E-state index < -0.39 is 18.0 Å². The minimum Gasteiger partial charge on any atom is -0.490 e. The van der Waals surface area contributed by atoms with Crippen molar-refractivity contribution in [1.29, 1.82) is 0 Å². The number of hydrogen-bond donors (Lipinski definition) is 2. The highest BCUT2D eigenvalue weighted by molar-refractivity contribution is 7.16. The highest BCUT2D eigenvalue weighted by Gasteiger charge is 2.37. The van der Waals surface area contributed by atoms with Crippen LogP contribution in [0.2, 0.25) is 0 Å². The van der Waals surface area contributed by atoms with E-state index in [1.165, 1.54) is 34.7 Å². The van der Waals surface area contributed by atoms with Crippen LogP contribution >= 0.6 is 11.3 Å². The van der Waals surface area contributed by atoms with Gasteiger partial charge in [-0.05, 0) is 85.0 Å². The van der Waals surface area contributed by atoms with Crippen LogP contribution < -0.4 is 20.1 Å². The van der Waals surface area contributed by atoms with Gasteiger partial charge in [0.1, 0.15) is 17.0 Å². The molecule has 1 aliphatic carbocycles. The summed E-state index contributed by atoms with van der Waals surface area (Å²) in [6.45, 7) is 9.14. The first kappa shape index (κ1) is 26.2. The van der Waals surface area contributed by atoms with Crippen molar-refractivity contribution in [2.45, 2.75) is 59.5 Å². The number of hydrogen-bond acceptors (Lipinski definition) is 6. The second-order valence-corrected chi connectivity index (χ2v) is 11.7. The lowest BCUT2D eigenvalue weighted by molar-refractivity contribution is 0.0728. The van der Waals surface area contributed by atoms with Crippen molar-refractivity contribution >= 4 is 28.2 Å². The lowest BCUT2D eigenvalue weighted by Gasteiger charge is -2.36. The summed E-state index contributed by atoms with van der Waals surface area (Å²) in [6, 6.07) is 10.4. The molecule has 2 N–H and O–H groups in total. The fourth-order valence-electron chi connectivity index (χ4n) is 5.22. The second kappa shape index (κ2) is 10.4. The topological polar surface area (TPSA) is 76.7 Å². The molecule has 0 fully saturated rings. The van der Waals surface area contributed by atoms with Gasteiger partial charge in [0.25, 0.3) is 5.91 Å². The lowest BCUT2D eigenvalue weighted by atomic mass is 9.69. The minimum absolute atomic E-state index is 0.0702. The van der Waals surface area contributed by atoms with Crippen LogP contribution in [0.1, 0.15) is 83.4 Å². The van der Waals surface area contributed by atoms with E-state index in [9.17, 15) is 14.0 Å². The van der Waals surface area contributed by atoms with E-state index in [-0.39, 0.29) is 22.6 Å². The zero-order valence-corrected chi connectivity index (χ0v) is 23.0. The first-order valence-corrected chi connectivity index (χ1v) is 14.0. The molecule has 2 heterocycles. The number of carbonyl (C=O) groups is 2. The Morgan fingerprint density at radius 3 is 2.58 bits per heavy atom. The molecule has 8 heteroatoms. The molecule has 2 aliphatic rings. The minimum atomic E-state index is -0.610. The van der Waals surface area contributed by atoms with Crippen LogP contribution in [0.4, 0.5) is 9.39 Å². The maximum absolute atomic E-state index is 13.3. The summed E-state index contributed by atoms with van der Waals surface area (Å²) in [5, 5.41) is 7.52. The number of halogens is 1. The average molecular weight is 537 g/mol. The van der Waals surface area contributed by atoms with Gasteiger partial charge in [-0.25, -0.2) is 9.18 Å². The summed E-state index contributed by atoms with van der Waals surface area (Å²) in [7, 11) is 0. The molecule has 0 saturated heterocycles. The van der Waals surface area contributed by atoms with E-state index in [4.69, 9.17) is 9.47 Å². The molecule has 0 bridgehead atoms. The summed E-state index contributed by atoms with van der Waals surface area (Å²) >= 11 is 1.70. The third-order valence-corrected chi connectivity index (χ3v) is 9.13. The van der Waals surface area contributed by atoms with Gasteiger partial charge in [-0.1, -0.05) is 33.3 Å². The van der Waals surface area contributed by atoms with Crippen molar-refractivity contribution in [2.75, 3.05) is 11.9 Å². The molecule has 0 radical (unpaired) electrons. The highest BCUT2D eigenvalue weighted by atomic mass is 32.1. The highest BCUT2D eigenvalue weighted by Crippen LogP contribution is 2.47. The van der Waals surface area contributed by atoms with Crippen LogP contribution in [0.25, 0.3) is 0 Å². The normalized spacial score (nSPS) is 18.6. The van der Waals surface area contributed by atoms with Crippen LogP contribution in [-0.4, -0.2) is 18.5 Å². The van der Waals surface area contributed by atoms with E-state index in [0.717, 1.165) is 41.8 Å². The van der Waals surface area contributed by atoms with Gasteiger partial charge in [-0.2, -0.15) is 0 Å². The predicted octanol–water partition coefficient (Wildman–Crippen LogP) is 6.90. The van der Waals surface area contributed by atoms with E-state index in [1.54, 1.807) is 29.5 Å². The predicted molar refractivity (Wildman–Crippen MR) is 147 cm³/mol. The number of rotatable bonds is 7. The molecular weight excluding hydrogens is 503 g/mol. The maximum Gasteiger partial charge on any atom is 0.343 e. The van der Waals surface area contributed by atoms with Crippen LogP contribution in [0.15, 0.2) is 42.5 Å². The molecule has 0 saturated carbocycles. The monoisotopic (exact) mass is 536 g/mol. The molecule has 3 aromatic rings. The van der Waals surface area contributed by atoms with E-state index >= 15 is 0 Å². The summed E-state index contributed by atoms with van der Waals surface area (Å²) < 4.78 is 24.5. The molecule has 2 aromatic carbocycles. The van der Waals surface area contributed by atoms with Gasteiger partial charge in [-0.3, -0.25) is 4.79 Å². The zero-order valence-electron chi connectivity index (χ0n) is 22.2. The smallest absolute Gasteiger partial charge is 0.343 e. The van der Waals surface area contributed by atoms with Gasteiger partial charge in [0.2, 0.25) is 0 Å². The van der Waals surface area contributed by atoms with Gasteiger partial charge in [0.15, 0.2) is 11.5 Å². The number of ether oxygens (including phenoxy) is 2. The summed E-state index contributed by atoms with van der Waals surface area (Å²) in [5.74, 6) is 0.141. The lowest BCUT2D eigenvalue weighted by Crippen LogP contribution is -2.38. The van der Waals surface area contributed by atoms with Gasteiger partial charge in [-0.15, -0.1) is 11.3 Å². The summed E-state index contributed by atoms with van der Waals surface area (Å²) in [5.41, 5.74) is 3.26. The Morgan fingerprint density at radius 1 is 1.11 bits per heavy atom. The third kappa shape index (κ3) is 5.01. The third-order valence-electron chi connectivity index (χ3n) is 7.94. The first-order chi connectivity index (χ1) is 18.2. The van der Waals surface area contributed by atoms with Crippen molar-refractivity contribution in [1.82, 2.24) is 5.32 Å². The number of carbonyl (C=O) groups excluding carboxylic acids is 2. The SMILES string of the molecule is CCOc1cc([C@H]2NC(=O)c3c(sc4c3CC[C@H](C(C)(C)CC)C4)N2)ccc1OC(=O)c1ccc(F)cc1. The number of benzene rings is 2. The van der Waals surface area contributed by atoms with Gasteiger partial charge >= 0.3 is 5.97 Å². The summed E-state index contributed by atoms with van der Waals surface area (Å²) in [6.07, 6.45) is 3.73. The number of amides is 1. The van der Waals surface area contributed by atoms with Crippen molar-refractivity contribution in [2.24, 2.45) is 11.3 Å². The van der Waals surface area contributed by atoms with Gasteiger partial charge in [0, 0.05) is 4.88 Å². The van der Waals surface area contributed by atoms with Gasteiger partial charge in [0.05, 0.1) is 17.7 Å². The molecule has 6 nitrogen and oxygen atoms in total. The molecule has 1 aromatic heterocycles. The number of fused-ring (bicyclic) bond motifs is 3. The average Bonchev–Trinajstić information content (AvgIpc) is 3.28. The number of thiophene rings is 1. The van der Waals surface area contributed by atoms with Crippen molar-refractivity contribution < 1.29 is 23.5 Å². The molecule has 2 atom stereocenters. The Balaban J connectivity index is 1.37. The first-order valence-electron chi connectivity index (χ1n) is 13.2. The molecule has 200 valence electrons. The fraction of sp³-hybridized carbons (Fsp3) is 0.400. The number of esters is 1. The Kier molecular flexibility index (Phi) is 7.18. The quantitative estimate of drug-likeness (QED) is 0.254. The Bertz CT molecular complexity index is 1370. The molecule has 0 unspecified atom stereocenters. The van der Waals surface area contributed by atoms with Crippen LogP contribution in [0.3, 0.4) is 0 Å². The Labute approximate surface area is 226 Å². The number of anilines is 1. The second-order valence-electron chi connectivity index (χ2n) is 10.6. The molecular formula is C30H33FN2O4S. The van der Waals surface area contributed by atoms with Crippen LogP contribution in [0, 0.1) is 17.2 Å². The summed E-state index contributed by atoms with van der Waals surface area (Å²) in [4.78, 5) is 27.2. The van der Waals surface area contributed by atoms with Crippen LogP contribution in [-0.2, 0) is 12.8 Å². The Morgan fingerprint density at radius 2 is 1.87 bits per heavy atom. The van der Waals surface area contributed by atoms with E-state index in [2.05, 4.69) is 31.4 Å². The zero-order chi connectivity index (χ0) is 27.0. The van der Waals surface area contributed by atoms with Crippen molar-refractivity contribution in [3.8, 4) is 11.5 Å². The number of nitrogens with one attached hydrogen (secondary N) is 2. The molecule has 0 spiro atoms. The molecule has 1 aliphatic heterocycles. The molecule has 1 amide bonds. The largest absolute Gasteiger partial charge is 0.490 e.